The summed E-state index contributed by atoms with van der Waals surface area (Å²) in [5.41, 5.74) is 0.0623. The topological polar surface area (TPSA) is 130 Å². The van der Waals surface area contributed by atoms with Crippen LogP contribution in [0, 0.1) is 11.8 Å². The Bertz CT molecular complexity index is 1670. The molecule has 1 aromatic rings. The molecule has 0 aromatic heterocycles. The molecule has 8 nitrogen and oxygen atoms in total. The van der Waals surface area contributed by atoms with Crippen molar-refractivity contribution >= 4 is 17.5 Å². The second-order valence-corrected chi connectivity index (χ2v) is 14.4. The van der Waals surface area contributed by atoms with E-state index >= 15 is 0 Å². The van der Waals surface area contributed by atoms with Crippen molar-refractivity contribution in [3.63, 3.8) is 0 Å². The maximum absolute atomic E-state index is 14.7. The van der Waals surface area contributed by atoms with Crippen LogP contribution in [-0.4, -0.2) is 49.7 Å². The monoisotopic (exact) mass is 630 g/mol. The van der Waals surface area contributed by atoms with E-state index in [-0.39, 0.29) is 64.6 Å². The molecule has 2 heterocycles. The molecule has 1 spiro atoms. The van der Waals surface area contributed by atoms with E-state index in [9.17, 15) is 29.7 Å². The third-order valence-corrected chi connectivity index (χ3v) is 10.2. The molecule has 1 saturated heterocycles. The van der Waals surface area contributed by atoms with Crippen LogP contribution in [0.25, 0.3) is 0 Å². The van der Waals surface area contributed by atoms with Gasteiger partial charge in [-0.25, -0.2) is 4.79 Å². The standard InChI is InChI=1S/C38H46O8/c1-20(2)10-9-11-22(5)13-15-25-30(39)26(14-12-21(3)4)33-29(31(25)40)32(41)27-18-24-19-28-36(7,8)46-37(34(24)42,38(27,28)45-33)17-16-23(6)35(43)44/h10,12-13,16,18,24,28,39-40H,9,11,14-15,17,19H2,1-8H3,(H,43,44)/b22-13+,23-16+/t24-,28?,37+,38-/m1/s1. The number of hydrogen-bond acceptors (Lipinski definition) is 7. The Labute approximate surface area is 271 Å². The molecule has 1 aromatic carbocycles. The molecular weight excluding hydrogens is 584 g/mol. The number of phenolic OH excluding ortho intramolecular Hbond substituents is 2. The summed E-state index contributed by atoms with van der Waals surface area (Å²) in [4.78, 5) is 40.6. The minimum Gasteiger partial charge on any atom is -0.507 e. The average molecular weight is 631 g/mol. The predicted octanol–water partition coefficient (Wildman–Crippen LogP) is 7.27. The highest BCUT2D eigenvalue weighted by atomic mass is 16.6. The summed E-state index contributed by atoms with van der Waals surface area (Å²) in [5, 5.41) is 33.0. The minimum absolute atomic E-state index is 0.0259. The molecule has 6 rings (SSSR count). The van der Waals surface area contributed by atoms with Gasteiger partial charge < -0.3 is 24.8 Å². The fourth-order valence-electron chi connectivity index (χ4n) is 7.80. The number of phenols is 2. The number of carboxylic acids is 1. The van der Waals surface area contributed by atoms with Gasteiger partial charge in [0.05, 0.1) is 5.60 Å². The Morgan fingerprint density at radius 1 is 0.935 bits per heavy atom. The second-order valence-electron chi connectivity index (χ2n) is 14.4. The van der Waals surface area contributed by atoms with Crippen molar-refractivity contribution in [3.8, 4) is 17.2 Å². The SMILES string of the molecule is CC(C)=CCC/C(C)=C/Cc1c(O)c(CC=C(C)C)c2c(c1O)C(=O)C1=C[C@@H]3CC4C(C)(C)O[C@@](C/C=C(\C)C(=O)O)(C3=O)[C@@]14O2. The predicted molar refractivity (Wildman–Crippen MR) is 175 cm³/mol. The molecule has 0 amide bonds. The number of aliphatic carboxylic acids is 1. The molecule has 1 saturated carbocycles. The molecule has 3 aliphatic carbocycles. The van der Waals surface area contributed by atoms with Gasteiger partial charge in [-0.15, -0.1) is 0 Å². The number of hydrogen-bond donors (Lipinski definition) is 3. The van der Waals surface area contributed by atoms with Crippen LogP contribution in [0.5, 0.6) is 17.2 Å². The fraction of sp³-hybridized carbons (Fsp3) is 0.500. The molecule has 5 aliphatic rings. The Hall–Kier alpha value is -3.91. The molecule has 2 fully saturated rings. The Balaban J connectivity index is 1.71. The third kappa shape index (κ3) is 5.05. The van der Waals surface area contributed by atoms with Crippen molar-refractivity contribution in [3.05, 3.63) is 74.9 Å². The van der Waals surface area contributed by atoms with E-state index in [1.807, 2.05) is 46.8 Å². The molecule has 46 heavy (non-hydrogen) atoms. The first-order valence-electron chi connectivity index (χ1n) is 16.1. The first-order valence-corrected chi connectivity index (χ1v) is 16.1. The van der Waals surface area contributed by atoms with Gasteiger partial charge in [-0.05, 0) is 87.5 Å². The van der Waals surface area contributed by atoms with Crippen molar-refractivity contribution in [2.24, 2.45) is 11.8 Å². The zero-order valence-corrected chi connectivity index (χ0v) is 28.2. The molecule has 246 valence electrons. The number of ether oxygens (including phenoxy) is 2. The van der Waals surface area contributed by atoms with E-state index in [0.717, 1.165) is 24.0 Å². The lowest BCUT2D eigenvalue weighted by Gasteiger charge is -2.56. The highest BCUT2D eigenvalue weighted by molar-refractivity contribution is 6.18. The summed E-state index contributed by atoms with van der Waals surface area (Å²) in [5.74, 6) is -3.33. The summed E-state index contributed by atoms with van der Waals surface area (Å²) in [7, 11) is 0. The van der Waals surface area contributed by atoms with E-state index in [4.69, 9.17) is 9.47 Å². The summed E-state index contributed by atoms with van der Waals surface area (Å²) in [6.07, 6.45) is 11.6. The smallest absolute Gasteiger partial charge is 0.330 e. The van der Waals surface area contributed by atoms with Gasteiger partial charge in [0.15, 0.2) is 22.8 Å². The molecule has 8 heteroatoms. The molecule has 4 atom stereocenters. The van der Waals surface area contributed by atoms with E-state index < -0.39 is 40.4 Å². The number of benzene rings is 1. The Morgan fingerprint density at radius 2 is 1.59 bits per heavy atom. The third-order valence-electron chi connectivity index (χ3n) is 10.2. The van der Waals surface area contributed by atoms with Crippen molar-refractivity contribution in [1.82, 2.24) is 0 Å². The Morgan fingerprint density at radius 3 is 2.22 bits per heavy atom. The number of Topliss-reactive ketones (excluding diaryl/α,β-unsaturated/α-hetero) is 2. The van der Waals surface area contributed by atoms with Crippen LogP contribution in [0.1, 0.15) is 103 Å². The lowest BCUT2D eigenvalue weighted by molar-refractivity contribution is -0.171. The van der Waals surface area contributed by atoms with Crippen LogP contribution < -0.4 is 4.74 Å². The van der Waals surface area contributed by atoms with Crippen LogP contribution >= 0.6 is 0 Å². The average Bonchev–Trinajstić information content (AvgIpc) is 3.12. The molecule has 1 unspecified atom stereocenters. The van der Waals surface area contributed by atoms with Gasteiger partial charge in [-0.3, -0.25) is 9.59 Å². The van der Waals surface area contributed by atoms with Crippen molar-refractivity contribution in [2.75, 3.05) is 0 Å². The largest absolute Gasteiger partial charge is 0.507 e. The van der Waals surface area contributed by atoms with Crippen LogP contribution in [0.15, 0.2) is 58.2 Å². The van der Waals surface area contributed by atoms with E-state index in [1.165, 1.54) is 18.6 Å². The number of carboxylic acid groups (broad SMARTS) is 1. The van der Waals surface area contributed by atoms with E-state index in [2.05, 4.69) is 19.9 Å². The van der Waals surface area contributed by atoms with Crippen molar-refractivity contribution < 1.29 is 39.2 Å². The normalized spacial score (nSPS) is 27.4. The summed E-state index contributed by atoms with van der Waals surface area (Å²) >= 11 is 0. The summed E-state index contributed by atoms with van der Waals surface area (Å²) < 4.78 is 13.6. The number of carbonyl (C=O) groups is 3. The molecule has 0 radical (unpaired) electrons. The van der Waals surface area contributed by atoms with Gasteiger partial charge >= 0.3 is 5.97 Å². The number of carbonyl (C=O) groups excluding carboxylic acids is 2. The summed E-state index contributed by atoms with van der Waals surface area (Å²) in [6, 6.07) is 0. The number of ketones is 2. The van der Waals surface area contributed by atoms with Crippen LogP contribution in [0.3, 0.4) is 0 Å². The highest BCUT2D eigenvalue weighted by Gasteiger charge is 2.81. The number of allylic oxidation sites excluding steroid dienone is 7. The first kappa shape index (κ1) is 33.5. The van der Waals surface area contributed by atoms with Crippen molar-refractivity contribution in [1.29, 1.82) is 0 Å². The lowest BCUT2D eigenvalue weighted by Crippen LogP contribution is -2.72. The molecule has 2 aliphatic heterocycles. The van der Waals surface area contributed by atoms with Crippen LogP contribution in [0.2, 0.25) is 0 Å². The van der Waals surface area contributed by atoms with Gasteiger partial charge in [-0.2, -0.15) is 0 Å². The zero-order valence-electron chi connectivity index (χ0n) is 28.2. The summed E-state index contributed by atoms with van der Waals surface area (Å²) in [6.45, 7) is 15.2. The number of fused-ring (bicyclic) bond motifs is 1. The van der Waals surface area contributed by atoms with Gasteiger partial charge in [0.25, 0.3) is 0 Å². The minimum atomic E-state index is -1.67. The maximum Gasteiger partial charge on any atom is 0.330 e. The molecule has 3 N–H and O–H groups in total. The lowest BCUT2D eigenvalue weighted by atomic mass is 9.51. The second kappa shape index (κ2) is 11.7. The highest BCUT2D eigenvalue weighted by Crippen LogP contribution is 2.68. The van der Waals surface area contributed by atoms with Crippen molar-refractivity contribution in [2.45, 2.75) is 111 Å². The number of aromatic hydroxyl groups is 2. The van der Waals surface area contributed by atoms with E-state index in [1.54, 1.807) is 6.08 Å². The van der Waals surface area contributed by atoms with Gasteiger partial charge in [0.2, 0.25) is 0 Å². The quantitative estimate of drug-likeness (QED) is 0.182. The fourth-order valence-corrected chi connectivity index (χ4v) is 7.80. The molecule has 4 bridgehead atoms. The molecular formula is C38H46O8. The van der Waals surface area contributed by atoms with Gasteiger partial charge in [0, 0.05) is 40.5 Å². The maximum atomic E-state index is 14.7. The van der Waals surface area contributed by atoms with E-state index in [0.29, 0.717) is 12.0 Å². The number of rotatable bonds is 10. The zero-order chi connectivity index (χ0) is 33.9. The van der Waals surface area contributed by atoms with Gasteiger partial charge in [0.1, 0.15) is 22.8 Å². The Kier molecular flexibility index (Phi) is 8.52. The van der Waals surface area contributed by atoms with Crippen LogP contribution in [-0.2, 0) is 27.2 Å². The first-order chi connectivity index (χ1) is 21.5. The van der Waals surface area contributed by atoms with Gasteiger partial charge in [-0.1, -0.05) is 47.1 Å². The van der Waals surface area contributed by atoms with Crippen LogP contribution in [0.4, 0.5) is 0 Å².